The Morgan fingerprint density at radius 2 is 1.69 bits per heavy atom. The Bertz CT molecular complexity index is 1360. The molecule has 0 fully saturated rings. The molecule has 0 aliphatic rings. The summed E-state index contributed by atoms with van der Waals surface area (Å²) in [6, 6.07) is 18.5. The Balaban J connectivity index is 0.00000289. The molecular weight excluding hydrogens is 439 g/mol. The number of hydrogen-bond acceptors (Lipinski definition) is 7. The Kier molecular flexibility index (Phi) is 7.60. The van der Waals surface area contributed by atoms with Crippen LogP contribution in [0.2, 0.25) is 0 Å². The third-order valence-corrected chi connectivity index (χ3v) is 5.44. The van der Waals surface area contributed by atoms with Crippen molar-refractivity contribution in [1.29, 1.82) is 0 Å². The van der Waals surface area contributed by atoms with E-state index in [-0.39, 0.29) is 45.8 Å². The minimum atomic E-state index is -4.46. The average molecular weight is 458 g/mol. The Morgan fingerprint density at radius 3 is 2.34 bits per heavy atom. The van der Waals surface area contributed by atoms with Crippen LogP contribution in [0.4, 0.5) is 17.1 Å². The first-order chi connectivity index (χ1) is 14.9. The summed E-state index contributed by atoms with van der Waals surface area (Å²) in [7, 11) is -4.46. The zero-order chi connectivity index (χ0) is 21.8. The van der Waals surface area contributed by atoms with Crippen molar-refractivity contribution in [2.24, 2.45) is 10.2 Å². The van der Waals surface area contributed by atoms with Crippen LogP contribution in [0.3, 0.4) is 0 Å². The molecule has 0 bridgehead atoms. The van der Waals surface area contributed by atoms with E-state index in [2.05, 4.69) is 15.2 Å². The molecule has 4 aromatic rings. The summed E-state index contributed by atoms with van der Waals surface area (Å²) in [5, 5.41) is 9.01. The zero-order valence-electron chi connectivity index (χ0n) is 16.2. The molecule has 0 saturated carbocycles. The van der Waals surface area contributed by atoms with Gasteiger partial charge in [-0.2, -0.15) is 13.5 Å². The number of azo groups is 1. The third-order valence-electron chi connectivity index (χ3n) is 4.54. The molecule has 10 heteroatoms. The zero-order valence-corrected chi connectivity index (χ0v) is 17.0. The van der Waals surface area contributed by atoms with Crippen LogP contribution in [0.1, 0.15) is 5.56 Å². The first-order valence-electron chi connectivity index (χ1n) is 9.24. The van der Waals surface area contributed by atoms with E-state index in [4.69, 9.17) is 10.5 Å². The van der Waals surface area contributed by atoms with Gasteiger partial charge < -0.3 is 10.5 Å². The number of hydrogen-bond donors (Lipinski definition) is 2. The summed E-state index contributed by atoms with van der Waals surface area (Å²) in [5.41, 5.74) is 8.04. The van der Waals surface area contributed by atoms with Crippen molar-refractivity contribution in [3.05, 3.63) is 84.7 Å². The number of benzene rings is 3. The molecule has 0 aliphatic carbocycles. The molecule has 0 aliphatic heterocycles. The molecule has 158 valence electrons. The van der Waals surface area contributed by atoms with Gasteiger partial charge in [-0.1, -0.05) is 30.3 Å². The number of nitrogen functional groups attached to an aromatic ring is 1. The molecule has 1 aromatic heterocycles. The number of nitrogens with two attached hydrogens (primary N) is 1. The summed E-state index contributed by atoms with van der Waals surface area (Å²) < 4.78 is 38.9. The number of aromatic nitrogens is 1. The van der Waals surface area contributed by atoms with Crippen LogP contribution in [0, 0.1) is 0 Å². The molecule has 8 nitrogen and oxygen atoms in total. The quantitative estimate of drug-likeness (QED) is 0.191. The van der Waals surface area contributed by atoms with E-state index in [0.29, 0.717) is 28.8 Å². The van der Waals surface area contributed by atoms with Gasteiger partial charge in [-0.15, -0.1) is 5.11 Å². The molecule has 0 saturated heterocycles. The normalized spacial score (nSPS) is 11.4. The van der Waals surface area contributed by atoms with Gasteiger partial charge >= 0.3 is 29.6 Å². The predicted octanol–water partition coefficient (Wildman–Crippen LogP) is 4.41. The van der Waals surface area contributed by atoms with E-state index in [1.54, 1.807) is 60.9 Å². The van der Waals surface area contributed by atoms with Crippen molar-refractivity contribution in [2.75, 3.05) is 5.73 Å². The van der Waals surface area contributed by atoms with Gasteiger partial charge in [-0.3, -0.25) is 9.54 Å². The molecule has 1 heterocycles. The van der Waals surface area contributed by atoms with Crippen molar-refractivity contribution in [3.63, 3.8) is 0 Å². The van der Waals surface area contributed by atoms with E-state index in [9.17, 15) is 13.0 Å². The van der Waals surface area contributed by atoms with Gasteiger partial charge in [-0.25, -0.2) is 0 Å². The van der Waals surface area contributed by atoms with Crippen molar-refractivity contribution < 1.29 is 17.7 Å². The average Bonchev–Trinajstić information content (AvgIpc) is 2.78. The molecule has 3 N–H and O–H groups in total. The molecular formula is C22H19N4NaO4S. The number of rotatable bonds is 6. The summed E-state index contributed by atoms with van der Waals surface area (Å²) >= 11 is 0. The topological polar surface area (TPSA) is 127 Å². The van der Waals surface area contributed by atoms with Crippen molar-refractivity contribution in [2.45, 2.75) is 11.5 Å². The van der Waals surface area contributed by atoms with Crippen molar-refractivity contribution in [1.82, 2.24) is 4.98 Å². The summed E-state index contributed by atoms with van der Waals surface area (Å²) in [6.45, 7) is 0.390. The monoisotopic (exact) mass is 458 g/mol. The molecule has 0 spiro atoms. The fourth-order valence-electron chi connectivity index (χ4n) is 3.02. The molecule has 0 radical (unpaired) electrons. The van der Waals surface area contributed by atoms with Gasteiger partial charge in [0.15, 0.2) is 0 Å². The van der Waals surface area contributed by atoms with Crippen LogP contribution in [0.25, 0.3) is 10.8 Å². The Morgan fingerprint density at radius 1 is 0.969 bits per heavy atom. The van der Waals surface area contributed by atoms with Crippen LogP contribution in [-0.2, 0) is 16.7 Å². The molecule has 32 heavy (non-hydrogen) atoms. The van der Waals surface area contributed by atoms with E-state index >= 15 is 0 Å². The standard InChI is InChI=1S/C22H18N4O4S.Na.H/c23-22-19-6-2-1-5-18(19)21(31(27,28)29)12-20(22)26-25-16-7-9-17(10-8-16)30-14-15-4-3-11-24-13-15;;/h1-13H,14,23H2,(H,27,28,29);;. The van der Waals surface area contributed by atoms with Crippen LogP contribution >= 0.6 is 0 Å². The summed E-state index contributed by atoms with van der Waals surface area (Å²) in [5.74, 6) is 0.654. The number of pyridine rings is 1. The molecule has 3 aromatic carbocycles. The first-order valence-corrected chi connectivity index (χ1v) is 10.7. The Labute approximate surface area is 207 Å². The van der Waals surface area contributed by atoms with Gasteiger partial charge in [0.1, 0.15) is 22.9 Å². The van der Waals surface area contributed by atoms with Gasteiger partial charge in [0.05, 0.1) is 11.4 Å². The van der Waals surface area contributed by atoms with Crippen LogP contribution in [0.5, 0.6) is 5.75 Å². The van der Waals surface area contributed by atoms with Crippen LogP contribution in [0.15, 0.2) is 94.2 Å². The fraction of sp³-hybridized carbons (Fsp3) is 0.0455. The predicted molar refractivity (Wildman–Crippen MR) is 125 cm³/mol. The van der Waals surface area contributed by atoms with Crippen molar-refractivity contribution >= 4 is 67.5 Å². The molecule has 4 rings (SSSR count). The fourth-order valence-corrected chi connectivity index (χ4v) is 3.73. The maximum absolute atomic E-state index is 11.8. The van der Waals surface area contributed by atoms with Gasteiger partial charge in [0.2, 0.25) is 0 Å². The summed E-state index contributed by atoms with van der Waals surface area (Å²) in [6.07, 6.45) is 3.43. The number of nitrogens with zero attached hydrogens (tertiary/aromatic N) is 3. The molecule has 0 amide bonds. The molecule has 0 unspecified atom stereocenters. The van der Waals surface area contributed by atoms with E-state index < -0.39 is 10.1 Å². The van der Waals surface area contributed by atoms with Gasteiger partial charge in [0.25, 0.3) is 10.1 Å². The van der Waals surface area contributed by atoms with Crippen LogP contribution < -0.4 is 10.5 Å². The van der Waals surface area contributed by atoms with Crippen LogP contribution in [-0.4, -0.2) is 47.5 Å². The van der Waals surface area contributed by atoms with E-state index in [1.165, 1.54) is 6.07 Å². The van der Waals surface area contributed by atoms with Gasteiger partial charge in [-0.05, 0) is 36.4 Å². The first kappa shape index (κ1) is 23.8. The number of fused-ring (bicyclic) bond motifs is 1. The number of anilines is 1. The second-order valence-corrected chi connectivity index (χ2v) is 8.06. The summed E-state index contributed by atoms with van der Waals surface area (Å²) in [4.78, 5) is 3.77. The second kappa shape index (κ2) is 10.2. The molecule has 0 atom stereocenters. The minimum absolute atomic E-state index is 0. The second-order valence-electron chi connectivity index (χ2n) is 6.67. The third kappa shape index (κ3) is 5.50. The van der Waals surface area contributed by atoms with E-state index in [0.717, 1.165) is 5.56 Å². The Hall–Kier alpha value is -2.82. The van der Waals surface area contributed by atoms with E-state index in [1.807, 2.05) is 12.1 Å². The maximum atomic E-state index is 11.8. The van der Waals surface area contributed by atoms with Gasteiger partial charge in [0, 0.05) is 28.7 Å². The SMILES string of the molecule is Nc1c(N=Nc2ccc(OCc3cccnc3)cc2)cc(S(=O)(=O)O)c2ccccc12.[NaH]. The van der Waals surface area contributed by atoms with Crippen molar-refractivity contribution in [3.8, 4) is 5.75 Å². The number of ether oxygens (including phenoxy) is 1.